The summed E-state index contributed by atoms with van der Waals surface area (Å²) in [6, 6.07) is 8.28. The molecule has 1 N–H and O–H groups in total. The first-order valence-corrected chi connectivity index (χ1v) is 7.19. The van der Waals surface area contributed by atoms with Crippen molar-refractivity contribution in [1.82, 2.24) is 5.32 Å². The van der Waals surface area contributed by atoms with Gasteiger partial charge in [-0.1, -0.05) is 12.1 Å². The molecule has 110 valence electrons. The van der Waals surface area contributed by atoms with Crippen molar-refractivity contribution in [3.05, 3.63) is 29.8 Å². The number of benzene rings is 1. The Labute approximate surface area is 121 Å². The van der Waals surface area contributed by atoms with Crippen LogP contribution in [0.15, 0.2) is 24.3 Å². The van der Waals surface area contributed by atoms with E-state index in [1.807, 2.05) is 32.9 Å². The van der Waals surface area contributed by atoms with E-state index in [2.05, 4.69) is 22.3 Å². The van der Waals surface area contributed by atoms with Gasteiger partial charge in [-0.05, 0) is 38.5 Å². The summed E-state index contributed by atoms with van der Waals surface area (Å²) in [5.41, 5.74) is 1.82. The second kappa shape index (κ2) is 6.27. The second-order valence-corrected chi connectivity index (χ2v) is 6.23. The highest BCUT2D eigenvalue weighted by atomic mass is 16.5. The van der Waals surface area contributed by atoms with Gasteiger partial charge in [-0.2, -0.15) is 0 Å². The minimum Gasteiger partial charge on any atom is -0.460 e. The molecule has 1 aromatic carbocycles. The van der Waals surface area contributed by atoms with E-state index in [9.17, 15) is 4.79 Å². The molecule has 0 amide bonds. The largest absolute Gasteiger partial charge is 0.460 e. The second-order valence-electron chi connectivity index (χ2n) is 6.23. The number of anilines is 1. The van der Waals surface area contributed by atoms with Crippen LogP contribution in [0.4, 0.5) is 5.69 Å². The summed E-state index contributed by atoms with van der Waals surface area (Å²) in [7, 11) is 0. The molecule has 0 bridgehead atoms. The molecule has 0 atom stereocenters. The Kier molecular flexibility index (Phi) is 4.65. The topological polar surface area (TPSA) is 41.6 Å². The molecule has 1 fully saturated rings. The van der Waals surface area contributed by atoms with E-state index in [0.29, 0.717) is 6.61 Å². The zero-order chi connectivity index (χ0) is 14.6. The minimum atomic E-state index is -0.444. The molecular weight excluding hydrogens is 252 g/mol. The zero-order valence-corrected chi connectivity index (χ0v) is 12.6. The maximum Gasteiger partial charge on any atom is 0.311 e. The standard InChI is InChI=1S/C16H24N2O2/c1-16(2,3)15(19)20-12-13-4-6-14(7-5-13)18-10-8-17-9-11-18/h4-7,17H,8-12H2,1-3H3. The summed E-state index contributed by atoms with van der Waals surface area (Å²) >= 11 is 0. The number of carbonyl (C=O) groups is 1. The number of nitrogens with one attached hydrogen (secondary N) is 1. The summed E-state index contributed by atoms with van der Waals surface area (Å²) in [6.45, 7) is 10.1. The van der Waals surface area contributed by atoms with E-state index in [-0.39, 0.29) is 5.97 Å². The van der Waals surface area contributed by atoms with Gasteiger partial charge in [-0.25, -0.2) is 0 Å². The average molecular weight is 276 g/mol. The van der Waals surface area contributed by atoms with E-state index < -0.39 is 5.41 Å². The third-order valence-electron chi connectivity index (χ3n) is 3.40. The van der Waals surface area contributed by atoms with Gasteiger partial charge >= 0.3 is 5.97 Å². The maximum absolute atomic E-state index is 11.7. The molecule has 1 heterocycles. The lowest BCUT2D eigenvalue weighted by molar-refractivity contribution is -0.154. The number of carbonyl (C=O) groups excluding carboxylic acids is 1. The molecule has 4 nitrogen and oxygen atoms in total. The van der Waals surface area contributed by atoms with Crippen molar-refractivity contribution < 1.29 is 9.53 Å². The molecule has 4 heteroatoms. The van der Waals surface area contributed by atoms with Gasteiger partial charge in [0.05, 0.1) is 5.41 Å². The number of esters is 1. The molecule has 0 aliphatic carbocycles. The van der Waals surface area contributed by atoms with Crippen molar-refractivity contribution in [2.45, 2.75) is 27.4 Å². The first-order chi connectivity index (χ1) is 9.47. The van der Waals surface area contributed by atoms with Gasteiger partial charge in [-0.15, -0.1) is 0 Å². The van der Waals surface area contributed by atoms with Crippen LogP contribution in [0, 0.1) is 5.41 Å². The lowest BCUT2D eigenvalue weighted by atomic mass is 9.97. The Hall–Kier alpha value is -1.55. The van der Waals surface area contributed by atoms with Crippen molar-refractivity contribution in [2.75, 3.05) is 31.1 Å². The number of rotatable bonds is 3. The quantitative estimate of drug-likeness (QED) is 0.859. The van der Waals surface area contributed by atoms with Gasteiger partial charge in [-0.3, -0.25) is 4.79 Å². The summed E-state index contributed by atoms with van der Waals surface area (Å²) < 4.78 is 5.32. The summed E-state index contributed by atoms with van der Waals surface area (Å²) in [6.07, 6.45) is 0. The summed E-state index contributed by atoms with van der Waals surface area (Å²) in [5, 5.41) is 3.34. The van der Waals surface area contributed by atoms with Gasteiger partial charge < -0.3 is 15.0 Å². The van der Waals surface area contributed by atoms with Crippen molar-refractivity contribution in [3.63, 3.8) is 0 Å². The first-order valence-electron chi connectivity index (χ1n) is 7.19. The fourth-order valence-electron chi connectivity index (χ4n) is 2.09. The van der Waals surface area contributed by atoms with Crippen LogP contribution < -0.4 is 10.2 Å². The van der Waals surface area contributed by atoms with Crippen LogP contribution >= 0.6 is 0 Å². The van der Waals surface area contributed by atoms with Crippen LogP contribution in [0.3, 0.4) is 0 Å². The Balaban J connectivity index is 1.90. The van der Waals surface area contributed by atoms with E-state index >= 15 is 0 Å². The molecule has 1 aliphatic heterocycles. The highest BCUT2D eigenvalue weighted by Crippen LogP contribution is 2.19. The molecule has 0 aromatic heterocycles. The van der Waals surface area contributed by atoms with Crippen LogP contribution in [0.25, 0.3) is 0 Å². The number of hydrogen-bond acceptors (Lipinski definition) is 4. The monoisotopic (exact) mass is 276 g/mol. The molecule has 1 aliphatic rings. The van der Waals surface area contributed by atoms with Crippen molar-refractivity contribution in [3.8, 4) is 0 Å². The zero-order valence-electron chi connectivity index (χ0n) is 12.6. The normalized spacial score (nSPS) is 16.1. The molecule has 1 saturated heterocycles. The number of nitrogens with zero attached hydrogens (tertiary/aromatic N) is 1. The molecule has 0 unspecified atom stereocenters. The molecule has 2 rings (SSSR count). The molecule has 0 radical (unpaired) electrons. The molecule has 0 spiro atoms. The van der Waals surface area contributed by atoms with E-state index in [1.165, 1.54) is 5.69 Å². The smallest absolute Gasteiger partial charge is 0.311 e. The van der Waals surface area contributed by atoms with Crippen LogP contribution in [0.5, 0.6) is 0 Å². The fraction of sp³-hybridized carbons (Fsp3) is 0.562. The van der Waals surface area contributed by atoms with Crippen LogP contribution in [-0.2, 0) is 16.1 Å². The minimum absolute atomic E-state index is 0.163. The van der Waals surface area contributed by atoms with Gasteiger partial charge in [0.2, 0.25) is 0 Å². The van der Waals surface area contributed by atoms with Crippen LogP contribution in [-0.4, -0.2) is 32.1 Å². The Bertz CT molecular complexity index is 443. The van der Waals surface area contributed by atoms with E-state index in [0.717, 1.165) is 31.7 Å². The molecule has 0 saturated carbocycles. The highest BCUT2D eigenvalue weighted by Gasteiger charge is 2.22. The SMILES string of the molecule is CC(C)(C)C(=O)OCc1ccc(N2CCNCC2)cc1. The molecule has 20 heavy (non-hydrogen) atoms. The lowest BCUT2D eigenvalue weighted by Gasteiger charge is -2.29. The average Bonchev–Trinajstić information content (AvgIpc) is 2.45. The van der Waals surface area contributed by atoms with Gasteiger partial charge in [0.25, 0.3) is 0 Å². The van der Waals surface area contributed by atoms with Crippen molar-refractivity contribution in [2.24, 2.45) is 5.41 Å². The first kappa shape index (κ1) is 14.9. The Morgan fingerprint density at radius 1 is 1.20 bits per heavy atom. The van der Waals surface area contributed by atoms with Crippen molar-refractivity contribution >= 4 is 11.7 Å². The van der Waals surface area contributed by atoms with Gasteiger partial charge in [0.1, 0.15) is 6.61 Å². The molecular formula is C16H24N2O2. The Morgan fingerprint density at radius 2 is 1.80 bits per heavy atom. The maximum atomic E-state index is 11.7. The van der Waals surface area contributed by atoms with Gasteiger partial charge in [0.15, 0.2) is 0 Å². The predicted octanol–water partition coefficient (Wildman–Crippen LogP) is 2.19. The van der Waals surface area contributed by atoms with Crippen LogP contribution in [0.2, 0.25) is 0 Å². The summed E-state index contributed by atoms with van der Waals surface area (Å²) in [5.74, 6) is -0.163. The number of hydrogen-bond donors (Lipinski definition) is 1. The number of ether oxygens (including phenoxy) is 1. The lowest BCUT2D eigenvalue weighted by Crippen LogP contribution is -2.43. The summed E-state index contributed by atoms with van der Waals surface area (Å²) in [4.78, 5) is 14.1. The third kappa shape index (κ3) is 3.97. The van der Waals surface area contributed by atoms with E-state index in [1.54, 1.807) is 0 Å². The van der Waals surface area contributed by atoms with Crippen molar-refractivity contribution in [1.29, 1.82) is 0 Å². The van der Waals surface area contributed by atoms with Crippen LogP contribution in [0.1, 0.15) is 26.3 Å². The van der Waals surface area contributed by atoms with Gasteiger partial charge in [0, 0.05) is 31.9 Å². The highest BCUT2D eigenvalue weighted by molar-refractivity contribution is 5.75. The fourth-order valence-corrected chi connectivity index (χ4v) is 2.09. The number of piperazine rings is 1. The molecule has 1 aromatic rings. The third-order valence-corrected chi connectivity index (χ3v) is 3.40. The Morgan fingerprint density at radius 3 is 2.35 bits per heavy atom. The van der Waals surface area contributed by atoms with E-state index in [4.69, 9.17) is 4.74 Å². The predicted molar refractivity (Wildman–Crippen MR) is 80.8 cm³/mol.